The molecule has 2 unspecified atom stereocenters. The van der Waals surface area contributed by atoms with Gasteiger partial charge in [0.05, 0.1) is 19.3 Å². The molecular formula is C17H26F2N2O2. The first-order valence-electron chi connectivity index (χ1n) is 8.14. The summed E-state index contributed by atoms with van der Waals surface area (Å²) in [4.78, 5) is 4.10. The number of nitrogens with zero attached hydrogens (tertiary/aromatic N) is 2. The number of hydrogen-bond acceptors (Lipinski definition) is 4. The summed E-state index contributed by atoms with van der Waals surface area (Å²) in [5, 5.41) is 10.3. The minimum absolute atomic E-state index is 0.185. The highest BCUT2D eigenvalue weighted by Crippen LogP contribution is 2.26. The lowest BCUT2D eigenvalue weighted by atomic mass is 10.0. The molecule has 1 N–H and O–H groups in total. The summed E-state index contributed by atoms with van der Waals surface area (Å²) in [5.74, 6) is -1.11. The van der Waals surface area contributed by atoms with E-state index in [-0.39, 0.29) is 6.04 Å². The van der Waals surface area contributed by atoms with Crippen molar-refractivity contribution in [3.05, 3.63) is 35.4 Å². The van der Waals surface area contributed by atoms with Crippen LogP contribution in [0.25, 0.3) is 0 Å². The number of morpholine rings is 1. The maximum Gasteiger partial charge on any atom is 0.130 e. The van der Waals surface area contributed by atoms with E-state index in [4.69, 9.17) is 4.74 Å². The average molecular weight is 328 g/mol. The molecule has 0 radical (unpaired) electrons. The van der Waals surface area contributed by atoms with Crippen molar-refractivity contribution in [1.82, 2.24) is 9.80 Å². The molecule has 2 atom stereocenters. The fourth-order valence-electron chi connectivity index (χ4n) is 3.14. The van der Waals surface area contributed by atoms with Crippen molar-refractivity contribution in [3.8, 4) is 0 Å². The molecule has 6 heteroatoms. The standard InChI is InChI=1S/C17H26F2N2O2/c1-3-17(15-5-4-13(18)10-16(15)19)20(2)11-14(22)12-21-6-8-23-9-7-21/h4-5,10,14,17,22H,3,6-9,11-12H2,1-2H3. The van der Waals surface area contributed by atoms with Crippen molar-refractivity contribution in [2.45, 2.75) is 25.5 Å². The minimum Gasteiger partial charge on any atom is -0.390 e. The second-order valence-corrected chi connectivity index (χ2v) is 6.10. The molecule has 4 nitrogen and oxygen atoms in total. The van der Waals surface area contributed by atoms with Gasteiger partial charge in [-0.3, -0.25) is 9.80 Å². The molecule has 0 bridgehead atoms. The lowest BCUT2D eigenvalue weighted by Gasteiger charge is -2.33. The van der Waals surface area contributed by atoms with Crippen molar-refractivity contribution in [1.29, 1.82) is 0 Å². The number of benzene rings is 1. The second kappa shape index (κ2) is 8.68. The first-order chi connectivity index (χ1) is 11.0. The third-order valence-corrected chi connectivity index (χ3v) is 4.31. The summed E-state index contributed by atoms with van der Waals surface area (Å²) in [6.45, 7) is 6.01. The number of ether oxygens (including phenoxy) is 1. The number of likely N-dealkylation sites (N-methyl/N-ethyl adjacent to an activating group) is 1. The van der Waals surface area contributed by atoms with Crippen LogP contribution >= 0.6 is 0 Å². The lowest BCUT2D eigenvalue weighted by Crippen LogP contribution is -2.44. The van der Waals surface area contributed by atoms with Gasteiger partial charge in [0.1, 0.15) is 11.6 Å². The average Bonchev–Trinajstić information content (AvgIpc) is 2.51. The number of rotatable bonds is 7. The maximum atomic E-state index is 14.0. The zero-order chi connectivity index (χ0) is 16.8. The molecule has 0 aliphatic carbocycles. The van der Waals surface area contributed by atoms with Crippen LogP contribution in [0.2, 0.25) is 0 Å². The van der Waals surface area contributed by atoms with E-state index >= 15 is 0 Å². The third kappa shape index (κ3) is 5.21. The Balaban J connectivity index is 1.94. The van der Waals surface area contributed by atoms with Gasteiger partial charge < -0.3 is 9.84 Å². The zero-order valence-electron chi connectivity index (χ0n) is 13.8. The van der Waals surface area contributed by atoms with E-state index in [1.54, 1.807) is 0 Å². The Morgan fingerprint density at radius 2 is 2.00 bits per heavy atom. The number of aliphatic hydroxyl groups excluding tert-OH is 1. The number of aliphatic hydroxyl groups is 1. The van der Waals surface area contributed by atoms with Gasteiger partial charge in [0.25, 0.3) is 0 Å². The van der Waals surface area contributed by atoms with Crippen molar-refractivity contribution in [2.75, 3.05) is 46.4 Å². The molecule has 0 aromatic heterocycles. The molecule has 1 aromatic rings. The molecule has 1 aliphatic heterocycles. The Kier molecular flexibility index (Phi) is 6.89. The van der Waals surface area contributed by atoms with Crippen molar-refractivity contribution >= 4 is 0 Å². The van der Waals surface area contributed by atoms with Crippen LogP contribution in [0.3, 0.4) is 0 Å². The summed E-state index contributed by atoms with van der Waals surface area (Å²) >= 11 is 0. The predicted octanol–water partition coefficient (Wildman–Crippen LogP) is 2.04. The SMILES string of the molecule is CCC(c1ccc(F)cc1F)N(C)CC(O)CN1CCOCC1. The summed E-state index contributed by atoms with van der Waals surface area (Å²) < 4.78 is 32.4. The van der Waals surface area contributed by atoms with Crippen molar-refractivity contribution in [2.24, 2.45) is 0 Å². The first-order valence-corrected chi connectivity index (χ1v) is 8.14. The molecule has 2 rings (SSSR count). The first kappa shape index (κ1) is 18.3. The summed E-state index contributed by atoms with van der Waals surface area (Å²) in [5.41, 5.74) is 0.468. The van der Waals surface area contributed by atoms with E-state index in [1.165, 1.54) is 12.1 Å². The number of hydrogen-bond donors (Lipinski definition) is 1. The molecular weight excluding hydrogens is 302 g/mol. The van der Waals surface area contributed by atoms with Gasteiger partial charge in [-0.25, -0.2) is 8.78 Å². The van der Waals surface area contributed by atoms with Crippen LogP contribution in [-0.4, -0.2) is 67.5 Å². The molecule has 130 valence electrons. The van der Waals surface area contributed by atoms with Crippen LogP contribution in [0.1, 0.15) is 24.9 Å². The zero-order valence-corrected chi connectivity index (χ0v) is 13.8. The monoisotopic (exact) mass is 328 g/mol. The molecule has 1 aromatic carbocycles. The van der Waals surface area contributed by atoms with E-state index in [1.807, 2.05) is 18.9 Å². The van der Waals surface area contributed by atoms with Crippen LogP contribution in [0, 0.1) is 11.6 Å². The smallest absolute Gasteiger partial charge is 0.130 e. The van der Waals surface area contributed by atoms with Crippen LogP contribution < -0.4 is 0 Å². The molecule has 1 fully saturated rings. The van der Waals surface area contributed by atoms with E-state index in [0.717, 1.165) is 19.2 Å². The Morgan fingerprint density at radius 1 is 1.30 bits per heavy atom. The van der Waals surface area contributed by atoms with Gasteiger partial charge in [-0.1, -0.05) is 13.0 Å². The van der Waals surface area contributed by atoms with E-state index in [9.17, 15) is 13.9 Å². The van der Waals surface area contributed by atoms with E-state index in [0.29, 0.717) is 38.3 Å². The van der Waals surface area contributed by atoms with Crippen LogP contribution in [-0.2, 0) is 4.74 Å². The van der Waals surface area contributed by atoms with Gasteiger partial charge in [0.2, 0.25) is 0 Å². The normalized spacial score (nSPS) is 19.0. The fourth-order valence-corrected chi connectivity index (χ4v) is 3.14. The van der Waals surface area contributed by atoms with Gasteiger partial charge in [-0.05, 0) is 19.5 Å². The highest BCUT2D eigenvalue weighted by molar-refractivity contribution is 5.22. The molecule has 1 aliphatic rings. The van der Waals surface area contributed by atoms with Gasteiger partial charge in [0, 0.05) is 43.9 Å². The molecule has 23 heavy (non-hydrogen) atoms. The van der Waals surface area contributed by atoms with Crippen molar-refractivity contribution < 1.29 is 18.6 Å². The Morgan fingerprint density at radius 3 is 2.61 bits per heavy atom. The Hall–Kier alpha value is -1.08. The van der Waals surface area contributed by atoms with Gasteiger partial charge in [-0.15, -0.1) is 0 Å². The second-order valence-electron chi connectivity index (χ2n) is 6.10. The Bertz CT molecular complexity index is 495. The number of halogens is 2. The minimum atomic E-state index is -0.573. The molecule has 1 heterocycles. The molecule has 0 spiro atoms. The highest BCUT2D eigenvalue weighted by atomic mass is 19.1. The van der Waals surface area contributed by atoms with Gasteiger partial charge in [-0.2, -0.15) is 0 Å². The fraction of sp³-hybridized carbons (Fsp3) is 0.647. The highest BCUT2D eigenvalue weighted by Gasteiger charge is 2.22. The molecule has 0 saturated carbocycles. The van der Waals surface area contributed by atoms with Crippen molar-refractivity contribution in [3.63, 3.8) is 0 Å². The quantitative estimate of drug-likeness (QED) is 0.831. The maximum absolute atomic E-state index is 14.0. The van der Waals surface area contributed by atoms with Gasteiger partial charge >= 0.3 is 0 Å². The summed E-state index contributed by atoms with van der Waals surface area (Å²) in [6, 6.07) is 3.49. The molecule has 0 amide bonds. The molecule has 1 saturated heterocycles. The van der Waals surface area contributed by atoms with Crippen LogP contribution in [0.15, 0.2) is 18.2 Å². The van der Waals surface area contributed by atoms with E-state index in [2.05, 4.69) is 4.90 Å². The lowest BCUT2D eigenvalue weighted by molar-refractivity contribution is 0.00542. The van der Waals surface area contributed by atoms with Crippen LogP contribution in [0.4, 0.5) is 8.78 Å². The topological polar surface area (TPSA) is 35.9 Å². The number of β-amino-alcohol motifs (C(OH)–C–C–N with tert-alkyl or cyclic N) is 1. The third-order valence-electron chi connectivity index (χ3n) is 4.31. The largest absolute Gasteiger partial charge is 0.390 e. The summed E-state index contributed by atoms with van der Waals surface area (Å²) in [7, 11) is 1.86. The van der Waals surface area contributed by atoms with Crippen LogP contribution in [0.5, 0.6) is 0 Å². The Labute approximate surface area is 136 Å². The predicted molar refractivity (Wildman–Crippen MR) is 85.3 cm³/mol. The van der Waals surface area contributed by atoms with Gasteiger partial charge in [0.15, 0.2) is 0 Å². The summed E-state index contributed by atoms with van der Waals surface area (Å²) in [6.07, 6.45) is 0.166. The van der Waals surface area contributed by atoms with E-state index < -0.39 is 17.7 Å².